The summed E-state index contributed by atoms with van der Waals surface area (Å²) in [6.07, 6.45) is 14.4. The van der Waals surface area contributed by atoms with Crippen molar-refractivity contribution in [1.29, 1.82) is 0 Å². The first-order valence-corrected chi connectivity index (χ1v) is 4.17. The summed E-state index contributed by atoms with van der Waals surface area (Å²) in [5, 5.41) is 15.3. The molecule has 4 nitrogen and oxygen atoms in total. The van der Waals surface area contributed by atoms with Crippen LogP contribution in [0.5, 0.6) is 0 Å². The van der Waals surface area contributed by atoms with Gasteiger partial charge in [-0.25, -0.2) is 0 Å². The molecule has 0 unspecified atom stereocenters. The summed E-state index contributed by atoms with van der Waals surface area (Å²) < 4.78 is 1.71. The summed E-state index contributed by atoms with van der Waals surface area (Å²) in [5.74, 6) is 4.78. The lowest BCUT2D eigenvalue weighted by Gasteiger charge is -1.90. The lowest BCUT2D eigenvalue weighted by atomic mass is 10.4. The van der Waals surface area contributed by atoms with Gasteiger partial charge in [-0.05, 0) is 0 Å². The van der Waals surface area contributed by atoms with Crippen molar-refractivity contribution >= 4 is 0 Å². The highest BCUT2D eigenvalue weighted by atomic mass is 16.2. The van der Waals surface area contributed by atoms with E-state index in [4.69, 9.17) is 18.0 Å². The van der Waals surface area contributed by atoms with Crippen molar-refractivity contribution in [2.75, 3.05) is 6.61 Å². The van der Waals surface area contributed by atoms with Gasteiger partial charge in [-0.3, -0.25) is 4.68 Å². The predicted octanol–water partition coefficient (Wildman–Crippen LogP) is 0.303. The summed E-state index contributed by atoms with van der Waals surface area (Å²) in [6, 6.07) is 0. The van der Waals surface area contributed by atoms with Gasteiger partial charge in [0.2, 0.25) is 0 Å². The fraction of sp³-hybridized carbons (Fsp3) is 0.400. The lowest BCUT2D eigenvalue weighted by molar-refractivity contribution is 0.305. The van der Waals surface area contributed by atoms with E-state index in [-0.39, 0.29) is 6.61 Å². The van der Waals surface area contributed by atoms with Crippen LogP contribution < -0.4 is 0 Å². The zero-order valence-corrected chi connectivity index (χ0v) is 7.93. The van der Waals surface area contributed by atoms with Crippen LogP contribution in [0.4, 0.5) is 0 Å². The molecule has 0 spiro atoms. The molecule has 1 heterocycles. The van der Waals surface area contributed by atoms with E-state index < -0.39 is 0 Å². The van der Waals surface area contributed by atoms with Crippen molar-refractivity contribution in [2.45, 2.75) is 19.4 Å². The number of hydrogen-bond donors (Lipinski definition) is 1. The Labute approximate surface area is 83.9 Å². The summed E-state index contributed by atoms with van der Waals surface area (Å²) >= 11 is 0. The highest BCUT2D eigenvalue weighted by molar-refractivity contribution is 4.83. The standard InChI is InChI=1S/C6H7N3.C4H6O/c1-2-3-5-9-6-4-7-8-9;1-2-3-4-5/h1,4,6H,3,5H2;1,5H,3-4H2. The van der Waals surface area contributed by atoms with Crippen LogP contribution in [-0.4, -0.2) is 26.7 Å². The molecule has 1 rings (SSSR count). The number of aliphatic hydroxyl groups is 1. The Morgan fingerprint density at radius 3 is 2.36 bits per heavy atom. The Bertz CT molecular complexity index is 292. The third-order valence-corrected chi connectivity index (χ3v) is 1.21. The monoisotopic (exact) mass is 191 g/mol. The third kappa shape index (κ3) is 6.90. The molecule has 4 heteroatoms. The van der Waals surface area contributed by atoms with Crippen LogP contribution in [0.15, 0.2) is 12.4 Å². The molecule has 0 amide bonds. The van der Waals surface area contributed by atoms with E-state index in [2.05, 4.69) is 22.2 Å². The second-order valence-electron chi connectivity index (χ2n) is 2.30. The number of aliphatic hydroxyl groups excluding tert-OH is 1. The van der Waals surface area contributed by atoms with Gasteiger partial charge in [0.15, 0.2) is 0 Å². The Kier molecular flexibility index (Phi) is 8.13. The van der Waals surface area contributed by atoms with Crippen molar-refractivity contribution in [3.05, 3.63) is 12.4 Å². The Morgan fingerprint density at radius 1 is 1.29 bits per heavy atom. The molecule has 0 bridgehead atoms. The van der Waals surface area contributed by atoms with E-state index in [1.165, 1.54) is 0 Å². The van der Waals surface area contributed by atoms with Crippen LogP contribution in [0.3, 0.4) is 0 Å². The largest absolute Gasteiger partial charge is 0.395 e. The summed E-state index contributed by atoms with van der Waals surface area (Å²) in [6.45, 7) is 0.868. The maximum absolute atomic E-state index is 7.92. The van der Waals surface area contributed by atoms with E-state index in [0.29, 0.717) is 12.8 Å². The quantitative estimate of drug-likeness (QED) is 0.699. The minimum atomic E-state index is 0.108. The number of nitrogens with zero attached hydrogens (tertiary/aromatic N) is 3. The topological polar surface area (TPSA) is 50.9 Å². The highest BCUT2D eigenvalue weighted by Gasteiger charge is 1.85. The van der Waals surface area contributed by atoms with E-state index >= 15 is 0 Å². The molecule has 14 heavy (non-hydrogen) atoms. The van der Waals surface area contributed by atoms with Crippen LogP contribution in [0.1, 0.15) is 12.8 Å². The fourth-order valence-electron chi connectivity index (χ4n) is 0.596. The van der Waals surface area contributed by atoms with Crippen LogP contribution in [0, 0.1) is 24.7 Å². The molecule has 74 valence electrons. The van der Waals surface area contributed by atoms with Gasteiger partial charge in [-0.2, -0.15) is 0 Å². The van der Waals surface area contributed by atoms with Crippen molar-refractivity contribution < 1.29 is 5.11 Å². The maximum Gasteiger partial charge on any atom is 0.0692 e. The zero-order chi connectivity index (χ0) is 10.6. The zero-order valence-electron chi connectivity index (χ0n) is 7.93. The molecule has 0 atom stereocenters. The molecule has 0 aliphatic heterocycles. The van der Waals surface area contributed by atoms with Crippen LogP contribution in [0.2, 0.25) is 0 Å². The minimum absolute atomic E-state index is 0.108. The van der Waals surface area contributed by atoms with Crippen LogP contribution in [-0.2, 0) is 6.54 Å². The minimum Gasteiger partial charge on any atom is -0.395 e. The molecule has 1 aromatic heterocycles. The first kappa shape index (κ1) is 12.2. The van der Waals surface area contributed by atoms with Crippen molar-refractivity contribution in [3.8, 4) is 24.7 Å². The number of aryl methyl sites for hydroxylation is 1. The lowest BCUT2D eigenvalue weighted by Crippen LogP contribution is -1.96. The molecular formula is C10H13N3O. The average molecular weight is 191 g/mol. The van der Waals surface area contributed by atoms with E-state index in [9.17, 15) is 0 Å². The molecule has 0 aromatic carbocycles. The molecule has 1 N–H and O–H groups in total. The van der Waals surface area contributed by atoms with Gasteiger partial charge in [0.25, 0.3) is 0 Å². The van der Waals surface area contributed by atoms with E-state index in [1.54, 1.807) is 17.1 Å². The fourth-order valence-corrected chi connectivity index (χ4v) is 0.596. The second kappa shape index (κ2) is 9.31. The smallest absolute Gasteiger partial charge is 0.0692 e. The maximum atomic E-state index is 7.92. The Hall–Kier alpha value is -1.78. The predicted molar refractivity (Wildman–Crippen MR) is 54.0 cm³/mol. The van der Waals surface area contributed by atoms with Gasteiger partial charge in [-0.1, -0.05) is 5.21 Å². The van der Waals surface area contributed by atoms with Crippen LogP contribution >= 0.6 is 0 Å². The molecule has 0 aliphatic carbocycles. The first-order valence-electron chi connectivity index (χ1n) is 4.17. The SMILES string of the molecule is C#CCCO.C#CCCn1ccnn1. The summed E-state index contributed by atoms with van der Waals surface area (Å²) in [5.41, 5.74) is 0. The van der Waals surface area contributed by atoms with Gasteiger partial charge in [0.1, 0.15) is 0 Å². The Balaban J connectivity index is 0.000000292. The molecular weight excluding hydrogens is 178 g/mol. The molecule has 0 saturated carbocycles. The van der Waals surface area contributed by atoms with Gasteiger partial charge in [-0.15, -0.1) is 29.8 Å². The molecule has 1 aromatic rings. The number of terminal acetylenes is 2. The first-order chi connectivity index (χ1) is 6.85. The average Bonchev–Trinajstić information content (AvgIpc) is 2.69. The van der Waals surface area contributed by atoms with E-state index in [0.717, 1.165) is 6.54 Å². The van der Waals surface area contributed by atoms with Gasteiger partial charge < -0.3 is 5.11 Å². The molecule has 0 radical (unpaired) electrons. The summed E-state index contributed by atoms with van der Waals surface area (Å²) in [7, 11) is 0. The normalized spacial score (nSPS) is 7.93. The second-order valence-corrected chi connectivity index (χ2v) is 2.30. The van der Waals surface area contributed by atoms with Crippen LogP contribution in [0.25, 0.3) is 0 Å². The van der Waals surface area contributed by atoms with Crippen molar-refractivity contribution in [2.24, 2.45) is 0 Å². The Morgan fingerprint density at radius 2 is 2.00 bits per heavy atom. The van der Waals surface area contributed by atoms with Crippen molar-refractivity contribution in [1.82, 2.24) is 15.0 Å². The molecule has 0 aliphatic rings. The molecule has 0 fully saturated rings. The van der Waals surface area contributed by atoms with Gasteiger partial charge in [0, 0.05) is 19.0 Å². The van der Waals surface area contributed by atoms with Gasteiger partial charge in [0.05, 0.1) is 19.3 Å². The number of hydrogen-bond acceptors (Lipinski definition) is 3. The molecule has 0 saturated heterocycles. The third-order valence-electron chi connectivity index (χ3n) is 1.21. The van der Waals surface area contributed by atoms with Crippen molar-refractivity contribution in [3.63, 3.8) is 0 Å². The number of rotatable bonds is 3. The number of aromatic nitrogens is 3. The summed E-state index contributed by atoms with van der Waals surface area (Å²) in [4.78, 5) is 0. The van der Waals surface area contributed by atoms with E-state index in [1.807, 2.05) is 0 Å². The van der Waals surface area contributed by atoms with Gasteiger partial charge >= 0.3 is 0 Å². The highest BCUT2D eigenvalue weighted by Crippen LogP contribution is 1.83.